The third-order valence-corrected chi connectivity index (χ3v) is 3.34. The SMILES string of the molecule is CC(=O)Nc1c(Cl)cc(C(C)(F)C(F)(F)F)cc1Br. The Morgan fingerprint density at radius 1 is 1.32 bits per heavy atom. The molecule has 1 N–H and O–H groups in total. The van der Waals surface area contributed by atoms with Crippen LogP contribution in [0.3, 0.4) is 0 Å². The molecule has 19 heavy (non-hydrogen) atoms. The van der Waals surface area contributed by atoms with E-state index < -0.39 is 23.3 Å². The Balaban J connectivity index is 3.33. The zero-order valence-corrected chi connectivity index (χ0v) is 12.2. The van der Waals surface area contributed by atoms with Crippen LogP contribution in [0.15, 0.2) is 16.6 Å². The van der Waals surface area contributed by atoms with Crippen LogP contribution >= 0.6 is 27.5 Å². The minimum Gasteiger partial charge on any atom is -0.324 e. The van der Waals surface area contributed by atoms with Crippen LogP contribution in [-0.2, 0) is 10.5 Å². The van der Waals surface area contributed by atoms with Gasteiger partial charge in [-0.2, -0.15) is 13.2 Å². The number of hydrogen-bond acceptors (Lipinski definition) is 1. The lowest BCUT2D eigenvalue weighted by molar-refractivity contribution is -0.228. The van der Waals surface area contributed by atoms with Gasteiger partial charge in [-0.25, -0.2) is 4.39 Å². The van der Waals surface area contributed by atoms with Crippen molar-refractivity contribution < 1.29 is 22.4 Å². The van der Waals surface area contributed by atoms with Crippen molar-refractivity contribution in [3.8, 4) is 0 Å². The molecule has 0 aliphatic rings. The van der Waals surface area contributed by atoms with Crippen molar-refractivity contribution in [3.05, 3.63) is 27.2 Å². The highest BCUT2D eigenvalue weighted by atomic mass is 79.9. The second-order valence-corrected chi connectivity index (χ2v) is 5.26. The van der Waals surface area contributed by atoms with Gasteiger partial charge in [-0.15, -0.1) is 0 Å². The van der Waals surface area contributed by atoms with Gasteiger partial charge in [0.25, 0.3) is 0 Å². The van der Waals surface area contributed by atoms with Crippen LogP contribution in [0.5, 0.6) is 0 Å². The Bertz CT molecular complexity index is 493. The molecule has 1 rings (SSSR count). The van der Waals surface area contributed by atoms with Gasteiger partial charge in [-0.05, 0) is 35.0 Å². The van der Waals surface area contributed by atoms with Crippen molar-refractivity contribution in [1.29, 1.82) is 0 Å². The molecule has 0 aliphatic heterocycles. The molecule has 0 saturated heterocycles. The van der Waals surface area contributed by atoms with Crippen molar-refractivity contribution in [2.75, 3.05) is 5.32 Å². The molecule has 1 amide bonds. The van der Waals surface area contributed by atoms with E-state index in [4.69, 9.17) is 11.6 Å². The Kier molecular flexibility index (Phi) is 4.51. The summed E-state index contributed by atoms with van der Waals surface area (Å²) < 4.78 is 51.6. The molecule has 0 fully saturated rings. The smallest absolute Gasteiger partial charge is 0.324 e. The molecule has 0 radical (unpaired) electrons. The number of hydrogen-bond donors (Lipinski definition) is 1. The van der Waals surface area contributed by atoms with Gasteiger partial charge in [0.1, 0.15) is 0 Å². The average molecular weight is 363 g/mol. The first-order chi connectivity index (χ1) is 8.46. The average Bonchev–Trinajstić information content (AvgIpc) is 2.21. The third-order valence-electron chi connectivity index (χ3n) is 2.42. The first kappa shape index (κ1) is 16.2. The Labute approximate surface area is 120 Å². The maximum absolute atomic E-state index is 13.8. The van der Waals surface area contributed by atoms with Crippen molar-refractivity contribution in [1.82, 2.24) is 0 Å². The maximum Gasteiger partial charge on any atom is 0.426 e. The van der Waals surface area contributed by atoms with Crippen LogP contribution in [0.1, 0.15) is 19.4 Å². The summed E-state index contributed by atoms with van der Waals surface area (Å²) in [7, 11) is 0. The third kappa shape index (κ3) is 3.39. The molecule has 0 spiro atoms. The highest BCUT2D eigenvalue weighted by molar-refractivity contribution is 9.10. The molecule has 1 unspecified atom stereocenters. The van der Waals surface area contributed by atoms with Gasteiger partial charge < -0.3 is 5.32 Å². The van der Waals surface area contributed by atoms with E-state index in [2.05, 4.69) is 21.2 Å². The van der Waals surface area contributed by atoms with Gasteiger partial charge in [0.05, 0.1) is 10.7 Å². The molecule has 0 heterocycles. The molecule has 0 aromatic heterocycles. The van der Waals surface area contributed by atoms with Crippen LogP contribution in [0.25, 0.3) is 0 Å². The van der Waals surface area contributed by atoms with Gasteiger partial charge in [-0.3, -0.25) is 4.79 Å². The summed E-state index contributed by atoms with van der Waals surface area (Å²) in [6.45, 7) is 1.62. The molecule has 1 atom stereocenters. The number of anilines is 1. The molecule has 0 aliphatic carbocycles. The predicted octanol–water partition coefficient (Wildman–Crippen LogP) is 4.81. The molecule has 106 valence electrons. The normalized spacial score (nSPS) is 14.9. The molecule has 0 saturated carbocycles. The minimum absolute atomic E-state index is 0.0679. The summed E-state index contributed by atoms with van der Waals surface area (Å²) in [4.78, 5) is 10.9. The summed E-state index contributed by atoms with van der Waals surface area (Å²) in [6.07, 6.45) is -5.06. The Hall–Kier alpha value is -0.820. The van der Waals surface area contributed by atoms with Crippen molar-refractivity contribution in [2.45, 2.75) is 25.7 Å². The number of carbonyl (C=O) groups is 1. The lowest BCUT2D eigenvalue weighted by Gasteiger charge is -2.25. The number of nitrogens with one attached hydrogen (secondary N) is 1. The summed E-state index contributed by atoms with van der Waals surface area (Å²) in [5, 5.41) is 2.15. The van der Waals surface area contributed by atoms with E-state index in [1.165, 1.54) is 6.92 Å². The van der Waals surface area contributed by atoms with E-state index in [-0.39, 0.29) is 15.2 Å². The zero-order valence-electron chi connectivity index (χ0n) is 9.83. The van der Waals surface area contributed by atoms with Gasteiger partial charge in [0.2, 0.25) is 11.6 Å². The van der Waals surface area contributed by atoms with E-state index >= 15 is 0 Å². The number of alkyl halides is 4. The van der Waals surface area contributed by atoms with Crippen LogP contribution in [0.4, 0.5) is 23.2 Å². The predicted molar refractivity (Wildman–Crippen MR) is 68.0 cm³/mol. The largest absolute Gasteiger partial charge is 0.426 e. The van der Waals surface area contributed by atoms with E-state index in [1.54, 1.807) is 0 Å². The fourth-order valence-corrected chi connectivity index (χ4v) is 2.24. The van der Waals surface area contributed by atoms with Gasteiger partial charge in [0, 0.05) is 17.0 Å². The number of rotatable bonds is 2. The fraction of sp³-hybridized carbons (Fsp3) is 0.364. The molecule has 1 aromatic rings. The summed E-state index contributed by atoms with van der Waals surface area (Å²) in [6, 6.07) is 1.77. The topological polar surface area (TPSA) is 29.1 Å². The molecular formula is C11H9BrClF4NO. The maximum atomic E-state index is 13.8. The second-order valence-electron chi connectivity index (χ2n) is 4.00. The minimum atomic E-state index is -5.06. The van der Waals surface area contributed by atoms with Gasteiger partial charge >= 0.3 is 6.18 Å². The molecule has 8 heteroatoms. The van der Waals surface area contributed by atoms with Gasteiger partial charge in [-0.1, -0.05) is 11.6 Å². The zero-order chi connectivity index (χ0) is 15.0. The second kappa shape index (κ2) is 5.28. The summed E-state index contributed by atoms with van der Waals surface area (Å²) in [5.74, 6) is -0.450. The lowest BCUT2D eigenvalue weighted by atomic mass is 9.97. The van der Waals surface area contributed by atoms with Crippen LogP contribution < -0.4 is 5.32 Å². The van der Waals surface area contributed by atoms with Gasteiger partial charge in [0.15, 0.2) is 0 Å². The molecule has 2 nitrogen and oxygen atoms in total. The van der Waals surface area contributed by atoms with E-state index in [0.717, 1.165) is 12.1 Å². The number of carbonyl (C=O) groups excluding carboxylic acids is 1. The first-order valence-electron chi connectivity index (χ1n) is 4.99. The molecule has 0 bridgehead atoms. The van der Waals surface area contributed by atoms with Crippen molar-refractivity contribution >= 4 is 39.1 Å². The summed E-state index contributed by atoms with van der Waals surface area (Å²) in [5.41, 5.74) is -4.09. The molecular weight excluding hydrogens is 353 g/mol. The molecule has 1 aromatic carbocycles. The van der Waals surface area contributed by atoms with E-state index in [1.807, 2.05) is 0 Å². The van der Waals surface area contributed by atoms with Crippen LogP contribution in [-0.4, -0.2) is 12.1 Å². The quantitative estimate of drug-likeness (QED) is 0.752. The van der Waals surface area contributed by atoms with Crippen molar-refractivity contribution in [2.24, 2.45) is 0 Å². The number of benzene rings is 1. The van der Waals surface area contributed by atoms with Crippen LogP contribution in [0.2, 0.25) is 5.02 Å². The highest BCUT2D eigenvalue weighted by Crippen LogP contribution is 2.45. The highest BCUT2D eigenvalue weighted by Gasteiger charge is 2.53. The van der Waals surface area contributed by atoms with E-state index in [9.17, 15) is 22.4 Å². The Morgan fingerprint density at radius 3 is 2.21 bits per heavy atom. The number of halogens is 6. The number of amides is 1. The summed E-state index contributed by atoms with van der Waals surface area (Å²) >= 11 is 8.71. The van der Waals surface area contributed by atoms with Crippen molar-refractivity contribution in [3.63, 3.8) is 0 Å². The standard InChI is InChI=1S/C11H9BrClF4NO/c1-5(19)18-9-7(12)3-6(4-8(9)13)10(2,14)11(15,16)17/h3-4H,1-2H3,(H,18,19). The Morgan fingerprint density at radius 2 is 1.84 bits per heavy atom. The monoisotopic (exact) mass is 361 g/mol. The lowest BCUT2D eigenvalue weighted by Crippen LogP contribution is -2.35. The van der Waals surface area contributed by atoms with E-state index in [0.29, 0.717) is 6.92 Å². The first-order valence-corrected chi connectivity index (χ1v) is 6.16. The van der Waals surface area contributed by atoms with Crippen LogP contribution in [0, 0.1) is 0 Å². The fourth-order valence-electron chi connectivity index (χ4n) is 1.30.